The molecule has 26 heavy (non-hydrogen) atoms. The summed E-state index contributed by atoms with van der Waals surface area (Å²) in [6.45, 7) is 1.81. The van der Waals surface area contributed by atoms with Crippen molar-refractivity contribution in [2.75, 3.05) is 0 Å². The molecule has 0 amide bonds. The van der Waals surface area contributed by atoms with Crippen LogP contribution in [0.4, 0.5) is 8.78 Å². The predicted molar refractivity (Wildman–Crippen MR) is 95.2 cm³/mol. The van der Waals surface area contributed by atoms with Crippen molar-refractivity contribution in [3.05, 3.63) is 12.2 Å². The Labute approximate surface area is 154 Å². The molecule has 0 fully saturated rings. The van der Waals surface area contributed by atoms with E-state index in [2.05, 4.69) is 0 Å². The van der Waals surface area contributed by atoms with Crippen LogP contribution in [0.2, 0.25) is 0 Å². The molecule has 148 valence electrons. The first-order valence-electron chi connectivity index (χ1n) is 9.63. The summed E-state index contributed by atoms with van der Waals surface area (Å²) in [6, 6.07) is 0. The van der Waals surface area contributed by atoms with Crippen molar-refractivity contribution in [3.63, 3.8) is 0 Å². The van der Waals surface area contributed by atoms with E-state index in [1.54, 1.807) is 6.08 Å². The van der Waals surface area contributed by atoms with Gasteiger partial charge < -0.3 is 5.11 Å². The first-order chi connectivity index (χ1) is 12.3. The van der Waals surface area contributed by atoms with Gasteiger partial charge in [0.15, 0.2) is 5.78 Å². The van der Waals surface area contributed by atoms with Crippen LogP contribution >= 0.6 is 0 Å². The molecular formula is C20H30F2O4. The normalized spacial score (nSPS) is 19.9. The van der Waals surface area contributed by atoms with Crippen molar-refractivity contribution >= 4 is 17.5 Å². The summed E-state index contributed by atoms with van der Waals surface area (Å²) in [4.78, 5) is 34.2. The summed E-state index contributed by atoms with van der Waals surface area (Å²) in [5, 5.41) is 8.59. The lowest BCUT2D eigenvalue weighted by molar-refractivity contribution is -0.144. The largest absolute Gasteiger partial charge is 0.481 e. The molecule has 1 aliphatic carbocycles. The Bertz CT molecular complexity index is 514. The van der Waals surface area contributed by atoms with Crippen LogP contribution in [0.25, 0.3) is 0 Å². The van der Waals surface area contributed by atoms with Gasteiger partial charge in [-0.1, -0.05) is 38.7 Å². The Kier molecular flexibility index (Phi) is 9.66. The number of alkyl halides is 2. The lowest BCUT2D eigenvalue weighted by atomic mass is 9.85. The summed E-state index contributed by atoms with van der Waals surface area (Å²) >= 11 is 0. The Morgan fingerprint density at radius 1 is 1.08 bits per heavy atom. The maximum atomic E-state index is 13.8. The Balaban J connectivity index is 2.36. The third kappa shape index (κ3) is 7.75. The molecule has 1 rings (SSSR count). The van der Waals surface area contributed by atoms with Gasteiger partial charge in [-0.3, -0.25) is 14.4 Å². The number of allylic oxidation sites excluding steroid dienone is 2. The topological polar surface area (TPSA) is 71.4 Å². The second-order valence-electron chi connectivity index (χ2n) is 7.15. The Hall–Kier alpha value is -1.59. The number of carboxylic acids is 1. The molecule has 0 aliphatic heterocycles. The van der Waals surface area contributed by atoms with E-state index in [4.69, 9.17) is 5.11 Å². The quantitative estimate of drug-likeness (QED) is 0.438. The fraction of sp³-hybridized carbons (Fsp3) is 0.750. The monoisotopic (exact) mass is 372 g/mol. The van der Waals surface area contributed by atoms with Crippen molar-refractivity contribution in [2.45, 2.75) is 83.5 Å². The predicted octanol–water partition coefficient (Wildman–Crippen LogP) is 4.96. The van der Waals surface area contributed by atoms with Gasteiger partial charge in [0.05, 0.1) is 0 Å². The number of carboxylic acid groups (broad SMARTS) is 1. The van der Waals surface area contributed by atoms with Crippen molar-refractivity contribution < 1.29 is 28.3 Å². The zero-order valence-electron chi connectivity index (χ0n) is 15.5. The van der Waals surface area contributed by atoms with Crippen molar-refractivity contribution in [1.82, 2.24) is 0 Å². The van der Waals surface area contributed by atoms with Crippen LogP contribution in [-0.4, -0.2) is 28.6 Å². The molecule has 0 bridgehead atoms. The highest BCUT2D eigenvalue weighted by Gasteiger charge is 2.38. The van der Waals surface area contributed by atoms with E-state index in [1.807, 2.05) is 6.92 Å². The van der Waals surface area contributed by atoms with Gasteiger partial charge in [0.2, 0.25) is 5.78 Å². The summed E-state index contributed by atoms with van der Waals surface area (Å²) in [5.74, 6) is -5.46. The molecule has 2 atom stereocenters. The van der Waals surface area contributed by atoms with Gasteiger partial charge in [0.25, 0.3) is 0 Å². The van der Waals surface area contributed by atoms with Crippen molar-refractivity contribution in [2.24, 2.45) is 11.8 Å². The summed E-state index contributed by atoms with van der Waals surface area (Å²) in [6.07, 6.45) is 7.75. The minimum atomic E-state index is -3.26. The number of unbranched alkanes of at least 4 members (excludes halogenated alkanes) is 4. The van der Waals surface area contributed by atoms with E-state index >= 15 is 0 Å². The fourth-order valence-corrected chi connectivity index (χ4v) is 3.35. The van der Waals surface area contributed by atoms with Crippen molar-refractivity contribution in [1.29, 1.82) is 0 Å². The number of rotatable bonds is 14. The minimum Gasteiger partial charge on any atom is -0.481 e. The van der Waals surface area contributed by atoms with Crippen molar-refractivity contribution in [3.8, 4) is 0 Å². The van der Waals surface area contributed by atoms with Crippen LogP contribution in [0.1, 0.15) is 77.6 Å². The highest BCUT2D eigenvalue weighted by molar-refractivity contribution is 5.94. The average Bonchev–Trinajstić information content (AvgIpc) is 2.93. The molecule has 1 unspecified atom stereocenters. The molecule has 1 aliphatic rings. The molecule has 0 aromatic carbocycles. The van der Waals surface area contributed by atoms with Gasteiger partial charge in [0.1, 0.15) is 0 Å². The Morgan fingerprint density at radius 2 is 1.77 bits per heavy atom. The zero-order chi connectivity index (χ0) is 19.6. The second kappa shape index (κ2) is 11.2. The highest BCUT2D eigenvalue weighted by atomic mass is 19.3. The molecule has 0 saturated carbocycles. The molecule has 6 heteroatoms. The lowest BCUT2D eigenvalue weighted by Crippen LogP contribution is -2.29. The van der Waals surface area contributed by atoms with E-state index in [-0.39, 0.29) is 36.9 Å². The molecule has 1 N–H and O–H groups in total. The summed E-state index contributed by atoms with van der Waals surface area (Å²) < 4.78 is 27.5. The van der Waals surface area contributed by atoms with E-state index in [0.29, 0.717) is 25.7 Å². The molecule has 0 heterocycles. The van der Waals surface area contributed by atoms with Gasteiger partial charge in [-0.2, -0.15) is 8.78 Å². The van der Waals surface area contributed by atoms with Crippen LogP contribution in [-0.2, 0) is 14.4 Å². The van der Waals surface area contributed by atoms with E-state index in [1.165, 1.54) is 6.08 Å². The van der Waals surface area contributed by atoms with E-state index in [0.717, 1.165) is 19.3 Å². The maximum absolute atomic E-state index is 13.8. The summed E-state index contributed by atoms with van der Waals surface area (Å²) in [5.41, 5.74) is 0. The molecule has 0 saturated heterocycles. The summed E-state index contributed by atoms with van der Waals surface area (Å²) in [7, 11) is 0. The van der Waals surface area contributed by atoms with E-state index < -0.39 is 24.1 Å². The van der Waals surface area contributed by atoms with E-state index in [9.17, 15) is 23.2 Å². The van der Waals surface area contributed by atoms with Crippen LogP contribution in [0.15, 0.2) is 12.2 Å². The molecule has 0 aromatic heterocycles. The van der Waals surface area contributed by atoms with Gasteiger partial charge >= 0.3 is 11.9 Å². The van der Waals surface area contributed by atoms with Crippen LogP contribution in [0, 0.1) is 11.8 Å². The zero-order valence-corrected chi connectivity index (χ0v) is 15.5. The van der Waals surface area contributed by atoms with Crippen LogP contribution in [0.3, 0.4) is 0 Å². The third-order valence-corrected chi connectivity index (χ3v) is 5.00. The number of halogens is 2. The average molecular weight is 372 g/mol. The molecule has 0 radical (unpaired) electrons. The number of Topliss-reactive ketones (excluding diaryl/α,β-unsaturated/α-hetero) is 1. The smallest absolute Gasteiger partial charge is 0.305 e. The standard InChI is InChI=1S/C20H30F2O4/c1-2-3-14-20(21,22)18(24)13-11-15-10-12-17(23)16(15)8-6-4-5-7-9-19(25)26/h10,12,15-16H,2-9,11,13-14H2,1H3,(H,25,26)/t15?,16-/m1/s1. The number of hydrogen-bond acceptors (Lipinski definition) is 3. The SMILES string of the molecule is CCCCC(F)(F)C(=O)CCC1C=CC(=O)[C@@H]1CCCCCCC(=O)O. The number of hydrogen-bond donors (Lipinski definition) is 1. The number of ketones is 2. The molecular weight excluding hydrogens is 342 g/mol. The molecule has 4 nitrogen and oxygen atoms in total. The maximum Gasteiger partial charge on any atom is 0.305 e. The van der Waals surface area contributed by atoms with Gasteiger partial charge in [-0.05, 0) is 37.7 Å². The molecule has 0 aromatic rings. The molecule has 0 spiro atoms. The lowest BCUT2D eigenvalue weighted by Gasteiger charge is -2.19. The second-order valence-corrected chi connectivity index (χ2v) is 7.15. The van der Waals surface area contributed by atoms with Gasteiger partial charge in [0, 0.05) is 25.2 Å². The number of aliphatic carboxylic acids is 1. The first-order valence-corrected chi connectivity index (χ1v) is 9.63. The van der Waals surface area contributed by atoms with Crippen LogP contribution in [0.5, 0.6) is 0 Å². The number of carbonyl (C=O) groups excluding carboxylic acids is 2. The Morgan fingerprint density at radius 3 is 2.42 bits per heavy atom. The third-order valence-electron chi connectivity index (χ3n) is 5.00. The highest BCUT2D eigenvalue weighted by Crippen LogP contribution is 2.33. The van der Waals surface area contributed by atoms with Gasteiger partial charge in [-0.25, -0.2) is 0 Å². The minimum absolute atomic E-state index is 0.00530. The first kappa shape index (κ1) is 22.5. The van der Waals surface area contributed by atoms with Gasteiger partial charge in [-0.15, -0.1) is 0 Å². The number of carbonyl (C=O) groups is 3. The fourth-order valence-electron chi connectivity index (χ4n) is 3.35. The van der Waals surface area contributed by atoms with Crippen LogP contribution < -0.4 is 0 Å².